The normalized spacial score (nSPS) is 12.0. The minimum absolute atomic E-state index is 1.20. The van der Waals surface area contributed by atoms with Gasteiger partial charge in [-0.05, 0) is 56.2 Å². The van der Waals surface area contributed by atoms with Crippen LogP contribution < -0.4 is 4.57 Å². The van der Waals surface area contributed by atoms with Crippen LogP contribution in [0, 0.1) is 20.8 Å². The molecule has 0 spiro atoms. The first-order chi connectivity index (χ1) is 14.5. The molecule has 0 radical (unpaired) electrons. The molecule has 0 fully saturated rings. The van der Waals surface area contributed by atoms with Crippen LogP contribution in [-0.4, -0.2) is 4.57 Å². The molecule has 6 aromatic rings. The second-order valence-electron chi connectivity index (χ2n) is 8.38. The number of aryl methyl sites for hydroxylation is 4. The average molecular weight is 408 g/mol. The number of pyridine rings is 1. The van der Waals surface area contributed by atoms with E-state index in [0.717, 1.165) is 0 Å². The first kappa shape index (κ1) is 17.7. The van der Waals surface area contributed by atoms with Crippen molar-refractivity contribution in [2.75, 3.05) is 0 Å². The predicted octanol–water partition coefficient (Wildman–Crippen LogP) is 6.90. The van der Waals surface area contributed by atoms with E-state index in [1.807, 2.05) is 11.3 Å². The molecule has 6 rings (SSSR count). The van der Waals surface area contributed by atoms with E-state index in [1.165, 1.54) is 64.5 Å². The van der Waals surface area contributed by atoms with Gasteiger partial charge in [-0.2, -0.15) is 4.57 Å². The third kappa shape index (κ3) is 2.33. The monoisotopic (exact) mass is 407 g/mol. The van der Waals surface area contributed by atoms with Gasteiger partial charge in [0, 0.05) is 32.3 Å². The SMILES string of the molecule is Cc1ccc2c(c1)c1ccc(C)c(C)c1n2-c1cc2c(c[n+]1C)sc1ccccc12. The molecular formula is C27H23N2S+. The van der Waals surface area contributed by atoms with Crippen molar-refractivity contribution in [3.63, 3.8) is 0 Å². The maximum atomic E-state index is 2.46. The topological polar surface area (TPSA) is 8.81 Å². The number of hydrogen-bond donors (Lipinski definition) is 0. The van der Waals surface area contributed by atoms with Gasteiger partial charge in [0.1, 0.15) is 17.2 Å². The molecule has 146 valence electrons. The van der Waals surface area contributed by atoms with Crippen LogP contribution >= 0.6 is 11.3 Å². The smallest absolute Gasteiger partial charge is 0.235 e. The van der Waals surface area contributed by atoms with Crippen LogP contribution in [0.2, 0.25) is 0 Å². The molecule has 0 saturated carbocycles. The zero-order valence-electron chi connectivity index (χ0n) is 17.7. The minimum Gasteiger partial charge on any atom is -0.235 e. The lowest BCUT2D eigenvalue weighted by atomic mass is 10.0. The second-order valence-corrected chi connectivity index (χ2v) is 9.46. The van der Waals surface area contributed by atoms with Gasteiger partial charge in [0.2, 0.25) is 0 Å². The molecule has 3 aromatic carbocycles. The fourth-order valence-corrected chi connectivity index (χ4v) is 5.91. The van der Waals surface area contributed by atoms with E-state index >= 15 is 0 Å². The van der Waals surface area contributed by atoms with Gasteiger partial charge in [0.25, 0.3) is 5.82 Å². The van der Waals surface area contributed by atoms with Crippen LogP contribution in [0.1, 0.15) is 16.7 Å². The summed E-state index contributed by atoms with van der Waals surface area (Å²) in [5.41, 5.74) is 6.54. The number of rotatable bonds is 1. The van der Waals surface area contributed by atoms with Gasteiger partial charge in [0.05, 0.1) is 11.7 Å². The van der Waals surface area contributed by atoms with E-state index in [-0.39, 0.29) is 0 Å². The highest BCUT2D eigenvalue weighted by atomic mass is 32.1. The lowest BCUT2D eigenvalue weighted by Gasteiger charge is -2.07. The Balaban J connectivity index is 1.82. The number of benzene rings is 3. The molecule has 0 aliphatic heterocycles. The Kier molecular flexibility index (Phi) is 3.63. The average Bonchev–Trinajstić information content (AvgIpc) is 3.25. The number of fused-ring (bicyclic) bond motifs is 6. The standard InChI is InChI=1S/C27H23N2S/c1-16-9-12-23-21(13-16)20-11-10-17(2)18(3)27(20)29(23)26-14-22-19-7-5-6-8-24(19)30-25(22)15-28(26)4/h5-15H,1-4H3/q+1. The van der Waals surface area contributed by atoms with Gasteiger partial charge in [-0.3, -0.25) is 0 Å². The van der Waals surface area contributed by atoms with Gasteiger partial charge in [-0.1, -0.05) is 35.9 Å². The van der Waals surface area contributed by atoms with E-state index < -0.39 is 0 Å². The zero-order chi connectivity index (χ0) is 20.6. The van der Waals surface area contributed by atoms with Crippen LogP contribution in [0.5, 0.6) is 0 Å². The lowest BCUT2D eigenvalue weighted by molar-refractivity contribution is -0.663. The van der Waals surface area contributed by atoms with E-state index in [9.17, 15) is 0 Å². The Morgan fingerprint density at radius 2 is 1.60 bits per heavy atom. The molecule has 3 aromatic heterocycles. The molecule has 0 saturated heterocycles. The van der Waals surface area contributed by atoms with Crippen LogP contribution in [0.4, 0.5) is 0 Å². The summed E-state index contributed by atoms with van der Waals surface area (Å²) in [5.74, 6) is 1.20. The van der Waals surface area contributed by atoms with E-state index in [1.54, 1.807) is 0 Å². The number of aromatic nitrogens is 2. The summed E-state index contributed by atoms with van der Waals surface area (Å²) < 4.78 is 7.40. The van der Waals surface area contributed by atoms with E-state index in [2.05, 4.69) is 104 Å². The summed E-state index contributed by atoms with van der Waals surface area (Å²) in [4.78, 5) is 0. The third-order valence-electron chi connectivity index (χ3n) is 6.45. The van der Waals surface area contributed by atoms with Crippen LogP contribution in [0.3, 0.4) is 0 Å². The highest BCUT2D eigenvalue weighted by Gasteiger charge is 2.24. The Bertz CT molecular complexity index is 1630. The summed E-state index contributed by atoms with van der Waals surface area (Å²) in [6, 6.07) is 22.4. The minimum atomic E-state index is 1.20. The molecule has 0 aliphatic carbocycles. The van der Waals surface area contributed by atoms with Crippen LogP contribution in [0.15, 0.2) is 66.9 Å². The quantitative estimate of drug-likeness (QED) is 0.262. The Morgan fingerprint density at radius 3 is 2.47 bits per heavy atom. The molecule has 0 bridgehead atoms. The third-order valence-corrected chi connectivity index (χ3v) is 7.57. The molecule has 0 amide bonds. The van der Waals surface area contributed by atoms with Crippen molar-refractivity contribution in [1.29, 1.82) is 0 Å². The predicted molar refractivity (Wildman–Crippen MR) is 129 cm³/mol. The first-order valence-electron chi connectivity index (χ1n) is 10.4. The number of thiophene rings is 1. The number of nitrogens with zero attached hydrogens (tertiary/aromatic N) is 2. The molecular weight excluding hydrogens is 384 g/mol. The highest BCUT2D eigenvalue weighted by Crippen LogP contribution is 2.37. The van der Waals surface area contributed by atoms with Crippen LogP contribution in [0.25, 0.3) is 47.8 Å². The fraction of sp³-hybridized carbons (Fsp3) is 0.148. The van der Waals surface area contributed by atoms with Crippen molar-refractivity contribution in [1.82, 2.24) is 4.57 Å². The Morgan fingerprint density at radius 1 is 0.767 bits per heavy atom. The molecule has 3 heterocycles. The van der Waals surface area contributed by atoms with Gasteiger partial charge in [-0.15, -0.1) is 11.3 Å². The first-order valence-corrected chi connectivity index (χ1v) is 11.2. The fourth-order valence-electron chi connectivity index (χ4n) is 4.75. The van der Waals surface area contributed by atoms with Crippen molar-refractivity contribution < 1.29 is 4.57 Å². The van der Waals surface area contributed by atoms with E-state index in [0.29, 0.717) is 0 Å². The maximum Gasteiger partial charge on any atom is 0.287 e. The molecule has 30 heavy (non-hydrogen) atoms. The summed E-state index contributed by atoms with van der Waals surface area (Å²) in [5, 5.41) is 5.32. The van der Waals surface area contributed by atoms with Crippen molar-refractivity contribution in [3.05, 3.63) is 83.6 Å². The Hall–Kier alpha value is -3.17. The summed E-state index contributed by atoms with van der Waals surface area (Å²) in [7, 11) is 2.16. The molecule has 3 heteroatoms. The lowest BCUT2D eigenvalue weighted by Crippen LogP contribution is -2.33. The molecule has 0 aliphatic rings. The maximum absolute atomic E-state index is 2.46. The van der Waals surface area contributed by atoms with Crippen molar-refractivity contribution in [3.8, 4) is 5.82 Å². The molecule has 2 nitrogen and oxygen atoms in total. The van der Waals surface area contributed by atoms with Gasteiger partial charge in [0.15, 0.2) is 0 Å². The van der Waals surface area contributed by atoms with Crippen LogP contribution in [-0.2, 0) is 7.05 Å². The van der Waals surface area contributed by atoms with E-state index in [4.69, 9.17) is 0 Å². The summed E-state index contributed by atoms with van der Waals surface area (Å²) in [6.45, 7) is 6.63. The second kappa shape index (κ2) is 6.16. The van der Waals surface area contributed by atoms with Gasteiger partial charge < -0.3 is 0 Å². The van der Waals surface area contributed by atoms with Gasteiger partial charge >= 0.3 is 0 Å². The molecule has 0 N–H and O–H groups in total. The summed E-state index contributed by atoms with van der Waals surface area (Å²) in [6.07, 6.45) is 2.28. The van der Waals surface area contributed by atoms with Crippen molar-refractivity contribution in [2.45, 2.75) is 20.8 Å². The van der Waals surface area contributed by atoms with Gasteiger partial charge in [-0.25, -0.2) is 4.57 Å². The summed E-state index contributed by atoms with van der Waals surface area (Å²) >= 11 is 1.87. The molecule has 0 unspecified atom stereocenters. The largest absolute Gasteiger partial charge is 0.287 e. The number of hydrogen-bond acceptors (Lipinski definition) is 1. The highest BCUT2D eigenvalue weighted by molar-refractivity contribution is 7.25. The van der Waals surface area contributed by atoms with Crippen molar-refractivity contribution >= 4 is 53.3 Å². The van der Waals surface area contributed by atoms with Crippen molar-refractivity contribution in [2.24, 2.45) is 7.05 Å². The molecule has 0 atom stereocenters. The zero-order valence-corrected chi connectivity index (χ0v) is 18.5. The Labute approximate surface area is 179 Å².